The lowest BCUT2D eigenvalue weighted by Crippen LogP contribution is -2.27. The number of carbonyl (C=O) groups is 2. The molecule has 1 aromatic heterocycles. The number of hydrogen-bond acceptors (Lipinski definition) is 5. The number of ether oxygens (including phenoxy) is 1. The molecule has 182 valence electrons. The van der Waals surface area contributed by atoms with Crippen LogP contribution in [-0.4, -0.2) is 28.6 Å². The van der Waals surface area contributed by atoms with Gasteiger partial charge in [-0.05, 0) is 74.1 Å². The van der Waals surface area contributed by atoms with Gasteiger partial charge in [0.25, 0.3) is 0 Å². The molecule has 3 aromatic rings. The number of carboxylic acid groups (broad SMARTS) is 1. The third kappa shape index (κ3) is 4.55. The van der Waals surface area contributed by atoms with Gasteiger partial charge in [0.2, 0.25) is 5.91 Å². The first-order chi connectivity index (χ1) is 17.4. The largest absolute Gasteiger partial charge is 0.493 e. The van der Waals surface area contributed by atoms with Crippen LogP contribution in [0.25, 0.3) is 11.1 Å². The topological polar surface area (TPSA) is 112 Å². The van der Waals surface area contributed by atoms with Gasteiger partial charge in [-0.3, -0.25) is 14.6 Å². The number of pyridine rings is 1. The molecule has 1 aliphatic carbocycles. The van der Waals surface area contributed by atoms with Gasteiger partial charge in [-0.1, -0.05) is 18.2 Å². The van der Waals surface area contributed by atoms with Gasteiger partial charge in [0.1, 0.15) is 5.75 Å². The predicted molar refractivity (Wildman–Crippen MR) is 135 cm³/mol. The average Bonchev–Trinajstić information content (AvgIpc) is 3.60. The van der Waals surface area contributed by atoms with Crippen LogP contribution in [0.2, 0.25) is 0 Å². The number of rotatable bonds is 7. The normalized spacial score (nSPS) is 19.6. The SMILES string of the molecule is Cc1ccc(-c2ccc3c(c2)C2(CCO3)CC2C(=O)Nc2cc(C#N)ccc2CCCC(=O)O)cn1. The highest BCUT2D eigenvalue weighted by atomic mass is 16.5. The first-order valence-electron chi connectivity index (χ1n) is 12.2. The molecule has 2 aromatic carbocycles. The zero-order valence-corrected chi connectivity index (χ0v) is 20.1. The Labute approximate surface area is 209 Å². The smallest absolute Gasteiger partial charge is 0.303 e. The molecule has 2 unspecified atom stereocenters. The summed E-state index contributed by atoms with van der Waals surface area (Å²) in [5.74, 6) is -0.321. The number of carboxylic acids is 1. The molecule has 1 fully saturated rings. The molecule has 1 amide bonds. The van der Waals surface area contributed by atoms with Crippen molar-refractivity contribution in [3.05, 3.63) is 77.1 Å². The van der Waals surface area contributed by atoms with Crippen LogP contribution >= 0.6 is 0 Å². The minimum atomic E-state index is -0.854. The van der Waals surface area contributed by atoms with Gasteiger partial charge >= 0.3 is 5.97 Å². The maximum absolute atomic E-state index is 13.4. The number of fused-ring (bicyclic) bond motifs is 2. The number of hydrogen-bond donors (Lipinski definition) is 2. The third-order valence-corrected chi connectivity index (χ3v) is 7.29. The second-order valence-electron chi connectivity index (χ2n) is 9.63. The highest BCUT2D eigenvalue weighted by Gasteiger charge is 2.61. The number of aromatic nitrogens is 1. The molecule has 0 bridgehead atoms. The second kappa shape index (κ2) is 9.46. The van der Waals surface area contributed by atoms with E-state index in [2.05, 4.69) is 22.4 Å². The van der Waals surface area contributed by atoms with E-state index in [1.807, 2.05) is 37.4 Å². The molecule has 0 saturated heterocycles. The molecular formula is C29H27N3O4. The Morgan fingerprint density at radius 2 is 2.03 bits per heavy atom. The zero-order valence-electron chi connectivity index (χ0n) is 20.1. The quantitative estimate of drug-likeness (QED) is 0.490. The fourth-order valence-corrected chi connectivity index (χ4v) is 5.19. The lowest BCUT2D eigenvalue weighted by Gasteiger charge is -2.27. The Kier molecular flexibility index (Phi) is 6.19. The first-order valence-corrected chi connectivity index (χ1v) is 12.2. The predicted octanol–water partition coefficient (Wildman–Crippen LogP) is 5.01. The van der Waals surface area contributed by atoms with Gasteiger partial charge in [0, 0.05) is 46.5 Å². The van der Waals surface area contributed by atoms with Crippen molar-refractivity contribution in [1.29, 1.82) is 5.26 Å². The van der Waals surface area contributed by atoms with Crippen molar-refractivity contribution >= 4 is 17.6 Å². The maximum Gasteiger partial charge on any atom is 0.303 e. The van der Waals surface area contributed by atoms with Crippen LogP contribution in [-0.2, 0) is 21.4 Å². The van der Waals surface area contributed by atoms with E-state index in [1.165, 1.54) is 0 Å². The monoisotopic (exact) mass is 481 g/mol. The summed E-state index contributed by atoms with van der Waals surface area (Å²) in [5, 5.41) is 21.4. The second-order valence-corrected chi connectivity index (χ2v) is 9.63. The summed E-state index contributed by atoms with van der Waals surface area (Å²) < 4.78 is 5.94. The van der Waals surface area contributed by atoms with Crippen LogP contribution in [0.1, 0.15) is 48.1 Å². The lowest BCUT2D eigenvalue weighted by atomic mass is 9.85. The number of anilines is 1. The fourth-order valence-electron chi connectivity index (χ4n) is 5.19. The van der Waals surface area contributed by atoms with Gasteiger partial charge in [0.05, 0.1) is 18.2 Å². The standard InChI is InChI=1S/C29H27N3O4/c1-18-5-7-22(17-31-18)21-9-10-26-23(14-21)29(11-12-36-26)15-24(29)28(35)32-25-13-19(16-30)6-8-20(25)3-2-4-27(33)34/h5-10,13-14,17,24H,2-4,11-12,15H2,1H3,(H,32,35)(H,33,34). The van der Waals surface area contributed by atoms with E-state index < -0.39 is 5.97 Å². The number of nitrogens with zero attached hydrogens (tertiary/aromatic N) is 2. The summed E-state index contributed by atoms with van der Waals surface area (Å²) in [7, 11) is 0. The van der Waals surface area contributed by atoms with E-state index in [0.717, 1.165) is 46.5 Å². The van der Waals surface area contributed by atoms with Gasteiger partial charge in [0.15, 0.2) is 0 Å². The summed E-state index contributed by atoms with van der Waals surface area (Å²) >= 11 is 0. The molecule has 2 N–H and O–H groups in total. The van der Waals surface area contributed by atoms with Crippen molar-refractivity contribution in [1.82, 2.24) is 4.98 Å². The van der Waals surface area contributed by atoms with Crippen LogP contribution in [0, 0.1) is 24.2 Å². The molecule has 2 atom stereocenters. The number of nitrogens with one attached hydrogen (secondary N) is 1. The number of aliphatic carboxylic acids is 1. The van der Waals surface area contributed by atoms with E-state index in [1.54, 1.807) is 18.2 Å². The average molecular weight is 482 g/mol. The van der Waals surface area contributed by atoms with Gasteiger partial charge < -0.3 is 15.2 Å². The highest BCUT2D eigenvalue weighted by Crippen LogP contribution is 2.61. The molecular weight excluding hydrogens is 454 g/mol. The lowest BCUT2D eigenvalue weighted by molar-refractivity contribution is -0.137. The molecule has 1 saturated carbocycles. The van der Waals surface area contributed by atoms with Crippen LogP contribution in [0.4, 0.5) is 5.69 Å². The van der Waals surface area contributed by atoms with Crippen LogP contribution in [0.15, 0.2) is 54.7 Å². The molecule has 7 nitrogen and oxygen atoms in total. The van der Waals surface area contributed by atoms with E-state index in [9.17, 15) is 14.9 Å². The van der Waals surface area contributed by atoms with E-state index in [4.69, 9.17) is 9.84 Å². The Morgan fingerprint density at radius 3 is 2.78 bits per heavy atom. The molecule has 0 radical (unpaired) electrons. The fraction of sp³-hybridized carbons (Fsp3) is 0.310. The number of benzene rings is 2. The summed E-state index contributed by atoms with van der Waals surface area (Å²) in [6.45, 7) is 2.52. The minimum Gasteiger partial charge on any atom is -0.493 e. The molecule has 5 rings (SSSR count). The Balaban J connectivity index is 1.39. The van der Waals surface area contributed by atoms with Crippen molar-refractivity contribution in [2.75, 3.05) is 11.9 Å². The molecule has 2 heterocycles. The molecule has 36 heavy (non-hydrogen) atoms. The number of aryl methyl sites for hydroxylation is 2. The number of amides is 1. The summed E-state index contributed by atoms with van der Waals surface area (Å²) in [4.78, 5) is 28.8. The van der Waals surface area contributed by atoms with Crippen LogP contribution in [0.3, 0.4) is 0 Å². The van der Waals surface area contributed by atoms with Gasteiger partial charge in [-0.25, -0.2) is 0 Å². The molecule has 1 aliphatic heterocycles. The molecule has 2 aliphatic rings. The molecule has 7 heteroatoms. The van der Waals surface area contributed by atoms with Crippen molar-refractivity contribution in [2.45, 2.75) is 44.4 Å². The van der Waals surface area contributed by atoms with Crippen molar-refractivity contribution in [3.63, 3.8) is 0 Å². The first kappa shape index (κ1) is 23.6. The summed E-state index contributed by atoms with van der Waals surface area (Å²) in [6.07, 6.45) is 4.37. The van der Waals surface area contributed by atoms with Crippen molar-refractivity contribution in [2.24, 2.45) is 5.92 Å². The van der Waals surface area contributed by atoms with Crippen LogP contribution < -0.4 is 10.1 Å². The van der Waals surface area contributed by atoms with Crippen molar-refractivity contribution < 1.29 is 19.4 Å². The number of carbonyl (C=O) groups excluding carboxylic acids is 1. The van der Waals surface area contributed by atoms with Gasteiger partial charge in [-0.2, -0.15) is 5.26 Å². The van der Waals surface area contributed by atoms with Gasteiger partial charge in [-0.15, -0.1) is 0 Å². The van der Waals surface area contributed by atoms with E-state index in [-0.39, 0.29) is 23.7 Å². The van der Waals surface area contributed by atoms with Crippen LogP contribution in [0.5, 0.6) is 5.75 Å². The Bertz CT molecular complexity index is 1380. The summed E-state index contributed by atoms with van der Waals surface area (Å²) in [5.41, 5.74) is 5.66. The third-order valence-electron chi connectivity index (χ3n) is 7.29. The highest BCUT2D eigenvalue weighted by molar-refractivity contribution is 5.97. The van der Waals surface area contributed by atoms with E-state index >= 15 is 0 Å². The molecule has 1 spiro atoms. The van der Waals surface area contributed by atoms with Crippen molar-refractivity contribution in [3.8, 4) is 22.9 Å². The Hall–Kier alpha value is -4.18. The Morgan fingerprint density at radius 1 is 1.19 bits per heavy atom. The summed E-state index contributed by atoms with van der Waals surface area (Å²) in [6, 6.07) is 17.4. The number of nitriles is 1. The maximum atomic E-state index is 13.4. The van der Waals surface area contributed by atoms with E-state index in [0.29, 0.717) is 30.7 Å². The zero-order chi connectivity index (χ0) is 25.3. The minimum absolute atomic E-state index is 0.0503.